The Kier molecular flexibility index (Phi) is 6.17. The second kappa shape index (κ2) is 7.28. The molecular weight excluding hydrogens is 462 g/mol. The highest BCUT2D eigenvalue weighted by atomic mass is 19.4. The van der Waals surface area contributed by atoms with Crippen LogP contribution in [0.2, 0.25) is 0 Å². The Bertz CT molecular complexity index is 775. The third-order valence-corrected chi connectivity index (χ3v) is 3.26. The fraction of sp³-hybridized carbons (Fsp3) is 0.462. The Morgan fingerprint density at radius 2 is 1.13 bits per heavy atom. The van der Waals surface area contributed by atoms with E-state index in [-0.39, 0.29) is 0 Å². The molecule has 0 aliphatic heterocycles. The molecule has 0 bridgehead atoms. The number of amides is 1. The lowest BCUT2D eigenvalue weighted by Crippen LogP contribution is -2.71. The number of alkyl halides is 12. The monoisotopic (exact) mass is 469 g/mol. The third kappa shape index (κ3) is 4.01. The van der Waals surface area contributed by atoms with Crippen molar-refractivity contribution < 1.29 is 72.4 Å². The van der Waals surface area contributed by atoms with Gasteiger partial charge in [-0.1, -0.05) is 0 Å². The molecule has 30 heavy (non-hydrogen) atoms. The molecule has 1 aromatic carbocycles. The SMILES string of the molecule is O=C(Nc1ccc(O)cc1)OC(F)(F)C(F)(F)C(F)(F)C(F)(F)C(F)(F)C(O)(F)F. The van der Waals surface area contributed by atoms with Crippen LogP contribution in [0.3, 0.4) is 0 Å². The Hall–Kier alpha value is -2.59. The van der Waals surface area contributed by atoms with Gasteiger partial charge in [0.2, 0.25) is 0 Å². The van der Waals surface area contributed by atoms with E-state index >= 15 is 0 Å². The molecule has 0 saturated carbocycles. The van der Waals surface area contributed by atoms with Crippen LogP contribution in [0.4, 0.5) is 63.2 Å². The van der Waals surface area contributed by atoms with Crippen molar-refractivity contribution in [2.75, 3.05) is 5.32 Å². The van der Waals surface area contributed by atoms with Crippen LogP contribution in [0.5, 0.6) is 5.75 Å². The highest BCUT2D eigenvalue weighted by Gasteiger charge is 2.91. The molecule has 0 aliphatic carbocycles. The summed E-state index contributed by atoms with van der Waals surface area (Å²) < 4.78 is 159. The zero-order chi connectivity index (χ0) is 24.0. The molecule has 0 unspecified atom stereocenters. The van der Waals surface area contributed by atoms with Crippen molar-refractivity contribution in [3.63, 3.8) is 0 Å². The molecule has 0 aliphatic rings. The maximum atomic E-state index is 13.4. The van der Waals surface area contributed by atoms with Crippen molar-refractivity contribution in [2.24, 2.45) is 0 Å². The van der Waals surface area contributed by atoms with Crippen LogP contribution < -0.4 is 5.32 Å². The molecule has 0 fully saturated rings. The van der Waals surface area contributed by atoms with E-state index in [0.717, 1.165) is 24.3 Å². The van der Waals surface area contributed by atoms with E-state index in [9.17, 15) is 57.5 Å². The van der Waals surface area contributed by atoms with E-state index in [1.165, 1.54) is 5.32 Å². The number of phenolic OH excluding ortho intramolecular Hbond substituents is 1. The zero-order valence-electron chi connectivity index (χ0n) is 13.6. The predicted octanol–water partition coefficient (Wildman–Crippen LogP) is 4.66. The summed E-state index contributed by atoms with van der Waals surface area (Å²) in [5, 5.41) is 17.7. The smallest absolute Gasteiger partial charge is 0.474 e. The van der Waals surface area contributed by atoms with Crippen molar-refractivity contribution in [3.8, 4) is 5.75 Å². The van der Waals surface area contributed by atoms with Gasteiger partial charge in [0, 0.05) is 5.69 Å². The lowest BCUT2D eigenvalue weighted by atomic mass is 9.97. The van der Waals surface area contributed by atoms with Gasteiger partial charge in [-0.2, -0.15) is 52.7 Å². The third-order valence-electron chi connectivity index (χ3n) is 3.26. The number of phenols is 1. The summed E-state index contributed by atoms with van der Waals surface area (Å²) in [7, 11) is 0. The van der Waals surface area contributed by atoms with Gasteiger partial charge < -0.3 is 14.9 Å². The van der Waals surface area contributed by atoms with Crippen LogP contribution >= 0.6 is 0 Å². The maximum absolute atomic E-state index is 13.4. The molecule has 1 amide bonds. The number of rotatable bonds is 7. The summed E-state index contributed by atoms with van der Waals surface area (Å²) in [5.74, 6) is -31.8. The quantitative estimate of drug-likeness (QED) is 0.401. The lowest BCUT2D eigenvalue weighted by Gasteiger charge is -2.39. The van der Waals surface area contributed by atoms with Crippen LogP contribution in [0.25, 0.3) is 0 Å². The van der Waals surface area contributed by atoms with Gasteiger partial charge >= 0.3 is 42.0 Å². The number of carbonyl (C=O) groups is 1. The number of ether oxygens (including phenoxy) is 1. The van der Waals surface area contributed by atoms with E-state index in [0.29, 0.717) is 0 Å². The first-order chi connectivity index (χ1) is 13.1. The van der Waals surface area contributed by atoms with Crippen molar-refractivity contribution in [2.45, 2.75) is 35.9 Å². The molecule has 1 aromatic rings. The number of halogens is 12. The standard InChI is InChI=1S/C13H7F12NO4/c14-8(15,10(18,19)12(22,23)29)9(16,17)11(20,21)13(24,25)30-7(28)26-5-1-3-6(27)4-2-5/h1-4,27,29H,(H,26,28). The van der Waals surface area contributed by atoms with Gasteiger partial charge in [0.05, 0.1) is 0 Å². The number of benzene rings is 1. The first-order valence-electron chi connectivity index (χ1n) is 6.90. The molecule has 0 atom stereocenters. The summed E-state index contributed by atoms with van der Waals surface area (Å²) in [6.45, 7) is 0. The second-order valence-electron chi connectivity index (χ2n) is 5.42. The molecule has 0 saturated heterocycles. The summed E-state index contributed by atoms with van der Waals surface area (Å²) >= 11 is 0. The van der Waals surface area contributed by atoms with Gasteiger partial charge in [-0.25, -0.2) is 4.79 Å². The largest absolute Gasteiger partial charge is 0.508 e. The minimum atomic E-state index is -7.99. The Labute approximate surface area is 156 Å². The average molecular weight is 469 g/mol. The summed E-state index contributed by atoms with van der Waals surface area (Å²) in [4.78, 5) is 11.1. The van der Waals surface area contributed by atoms with Gasteiger partial charge in [0.15, 0.2) is 0 Å². The molecule has 0 heterocycles. The summed E-state index contributed by atoms with van der Waals surface area (Å²) in [5.41, 5.74) is -0.583. The first kappa shape index (κ1) is 25.4. The molecule has 0 spiro atoms. The lowest BCUT2D eigenvalue weighted by molar-refractivity contribution is -0.467. The van der Waals surface area contributed by atoms with E-state index in [1.54, 1.807) is 0 Å². The average Bonchev–Trinajstić information content (AvgIpc) is 2.54. The number of nitrogens with one attached hydrogen (secondary N) is 1. The highest BCUT2D eigenvalue weighted by Crippen LogP contribution is 2.59. The number of hydrogen-bond acceptors (Lipinski definition) is 4. The second-order valence-corrected chi connectivity index (χ2v) is 5.42. The highest BCUT2D eigenvalue weighted by molar-refractivity contribution is 5.84. The van der Waals surface area contributed by atoms with Crippen LogP contribution in [0, 0.1) is 0 Å². The van der Waals surface area contributed by atoms with Crippen LogP contribution in [0.15, 0.2) is 24.3 Å². The Balaban J connectivity index is 3.21. The molecule has 5 nitrogen and oxygen atoms in total. The number of anilines is 1. The van der Waals surface area contributed by atoms with Crippen LogP contribution in [0.1, 0.15) is 0 Å². The van der Waals surface area contributed by atoms with E-state index in [4.69, 9.17) is 10.2 Å². The number of carbonyl (C=O) groups excluding carboxylic acids is 1. The van der Waals surface area contributed by atoms with Gasteiger partial charge in [-0.15, -0.1) is 0 Å². The van der Waals surface area contributed by atoms with E-state index in [2.05, 4.69) is 4.74 Å². The van der Waals surface area contributed by atoms with Crippen LogP contribution in [-0.2, 0) is 4.74 Å². The molecule has 0 aromatic heterocycles. The van der Waals surface area contributed by atoms with Crippen LogP contribution in [-0.4, -0.2) is 52.2 Å². The summed E-state index contributed by atoms with van der Waals surface area (Å²) in [6, 6.07) is 3.07. The molecule has 3 N–H and O–H groups in total. The number of hydrogen-bond donors (Lipinski definition) is 3. The molecule has 1 rings (SSSR count). The summed E-state index contributed by atoms with van der Waals surface area (Å²) in [6.07, 6.45) is -16.7. The maximum Gasteiger partial charge on any atom is 0.474 e. The number of aromatic hydroxyl groups is 1. The fourth-order valence-corrected chi connectivity index (χ4v) is 1.63. The fourth-order valence-electron chi connectivity index (χ4n) is 1.63. The predicted molar refractivity (Wildman–Crippen MR) is 70.1 cm³/mol. The van der Waals surface area contributed by atoms with Crippen molar-refractivity contribution >= 4 is 11.8 Å². The van der Waals surface area contributed by atoms with Gasteiger partial charge in [0.1, 0.15) is 5.75 Å². The minimum absolute atomic E-state index is 0.450. The Morgan fingerprint density at radius 1 is 0.733 bits per heavy atom. The first-order valence-corrected chi connectivity index (χ1v) is 6.90. The van der Waals surface area contributed by atoms with E-state index < -0.39 is 53.4 Å². The van der Waals surface area contributed by atoms with Gasteiger partial charge in [-0.05, 0) is 24.3 Å². The van der Waals surface area contributed by atoms with Gasteiger partial charge in [0.25, 0.3) is 0 Å². The van der Waals surface area contributed by atoms with E-state index in [1.807, 2.05) is 0 Å². The normalized spacial score (nSPS) is 14.4. The molecule has 172 valence electrons. The molecular formula is C13H7F12NO4. The van der Waals surface area contributed by atoms with Gasteiger partial charge in [-0.3, -0.25) is 5.32 Å². The topological polar surface area (TPSA) is 78.8 Å². The molecule has 0 radical (unpaired) electrons. The number of aliphatic hydroxyl groups is 1. The minimum Gasteiger partial charge on any atom is -0.508 e. The Morgan fingerprint density at radius 3 is 1.53 bits per heavy atom. The molecule has 17 heteroatoms. The van der Waals surface area contributed by atoms with Crippen molar-refractivity contribution in [1.29, 1.82) is 0 Å². The zero-order valence-corrected chi connectivity index (χ0v) is 13.6. The van der Waals surface area contributed by atoms with Crippen molar-refractivity contribution in [3.05, 3.63) is 24.3 Å². The van der Waals surface area contributed by atoms with Crippen molar-refractivity contribution in [1.82, 2.24) is 0 Å².